The quantitative estimate of drug-likeness (QED) is 0.681. The average Bonchev–Trinajstić information content (AvgIpc) is 2.69. The lowest BCUT2D eigenvalue weighted by atomic mass is 10.1. The second kappa shape index (κ2) is 8.16. The molecule has 5 nitrogen and oxygen atoms in total. The van der Waals surface area contributed by atoms with Crippen molar-refractivity contribution in [1.29, 1.82) is 0 Å². The van der Waals surface area contributed by atoms with Gasteiger partial charge in [0.1, 0.15) is 0 Å². The Hall–Kier alpha value is -2.96. The van der Waals surface area contributed by atoms with Crippen LogP contribution in [-0.4, -0.2) is 20.9 Å². The van der Waals surface area contributed by atoms with Gasteiger partial charge in [-0.25, -0.2) is 13.1 Å². The molecule has 0 bridgehead atoms. The topological polar surface area (TPSA) is 75.3 Å². The molecule has 0 saturated heterocycles. The first-order valence-corrected chi connectivity index (χ1v) is 10.0. The molecule has 0 spiro atoms. The fraction of sp³-hybridized carbons (Fsp3) is 0.0952. The molecule has 0 unspecified atom stereocenters. The van der Waals surface area contributed by atoms with Crippen LogP contribution in [0.2, 0.25) is 0 Å². The molecule has 1 amide bonds. The summed E-state index contributed by atoms with van der Waals surface area (Å²) in [5.41, 5.74) is 3.22. The molecule has 0 atom stereocenters. The number of anilines is 1. The van der Waals surface area contributed by atoms with Crippen LogP contribution in [0, 0.1) is 0 Å². The van der Waals surface area contributed by atoms with Crippen LogP contribution in [0.15, 0.2) is 83.8 Å². The molecule has 6 heteroatoms. The molecule has 0 aliphatic heterocycles. The van der Waals surface area contributed by atoms with Gasteiger partial charge in [-0.1, -0.05) is 49.4 Å². The van der Waals surface area contributed by atoms with Crippen molar-refractivity contribution in [2.45, 2.75) is 11.8 Å². The monoisotopic (exact) mass is 380 g/mol. The fourth-order valence-electron chi connectivity index (χ4n) is 2.64. The highest BCUT2D eigenvalue weighted by molar-refractivity contribution is 7.89. The Balaban J connectivity index is 1.70. The maximum absolute atomic E-state index is 12.4. The number of amides is 1. The smallest absolute Gasteiger partial charge is 0.255 e. The molecule has 0 aliphatic carbocycles. The van der Waals surface area contributed by atoms with Gasteiger partial charge >= 0.3 is 0 Å². The van der Waals surface area contributed by atoms with Crippen LogP contribution >= 0.6 is 0 Å². The van der Waals surface area contributed by atoms with Crippen LogP contribution in [0.1, 0.15) is 17.3 Å². The number of sulfonamides is 1. The summed E-state index contributed by atoms with van der Waals surface area (Å²) in [7, 11) is -3.52. The van der Waals surface area contributed by atoms with E-state index in [4.69, 9.17) is 0 Å². The Labute approximate surface area is 159 Å². The van der Waals surface area contributed by atoms with E-state index in [1.807, 2.05) is 54.6 Å². The van der Waals surface area contributed by atoms with E-state index in [9.17, 15) is 13.2 Å². The summed E-state index contributed by atoms with van der Waals surface area (Å²) >= 11 is 0. The van der Waals surface area contributed by atoms with E-state index in [1.54, 1.807) is 6.92 Å². The van der Waals surface area contributed by atoms with E-state index in [0.29, 0.717) is 17.8 Å². The van der Waals surface area contributed by atoms with Crippen LogP contribution in [0.3, 0.4) is 0 Å². The summed E-state index contributed by atoms with van der Waals surface area (Å²) in [6, 6.07) is 23.4. The van der Waals surface area contributed by atoms with Crippen LogP contribution in [-0.2, 0) is 10.0 Å². The summed E-state index contributed by atoms with van der Waals surface area (Å²) in [5, 5.41) is 2.82. The van der Waals surface area contributed by atoms with Gasteiger partial charge in [0.05, 0.1) is 4.90 Å². The predicted molar refractivity (Wildman–Crippen MR) is 107 cm³/mol. The molecule has 0 aliphatic rings. The molecule has 0 heterocycles. The first-order valence-electron chi connectivity index (χ1n) is 8.56. The second-order valence-corrected chi connectivity index (χ2v) is 7.69. The number of hydrogen-bond donors (Lipinski definition) is 2. The Bertz CT molecular complexity index is 1010. The fourth-order valence-corrected chi connectivity index (χ4v) is 3.68. The van der Waals surface area contributed by atoms with Gasteiger partial charge in [0, 0.05) is 17.8 Å². The zero-order valence-electron chi connectivity index (χ0n) is 14.8. The van der Waals surface area contributed by atoms with Crippen LogP contribution in [0.5, 0.6) is 0 Å². The van der Waals surface area contributed by atoms with Crippen molar-refractivity contribution in [2.75, 3.05) is 11.9 Å². The highest BCUT2D eigenvalue weighted by Gasteiger charge is 2.13. The molecule has 138 valence electrons. The van der Waals surface area contributed by atoms with Crippen molar-refractivity contribution in [3.8, 4) is 11.1 Å². The van der Waals surface area contributed by atoms with Crippen LogP contribution in [0.4, 0.5) is 5.69 Å². The first-order chi connectivity index (χ1) is 13.0. The number of rotatable bonds is 6. The van der Waals surface area contributed by atoms with E-state index < -0.39 is 10.0 Å². The highest BCUT2D eigenvalue weighted by Crippen LogP contribution is 2.21. The van der Waals surface area contributed by atoms with E-state index >= 15 is 0 Å². The zero-order valence-corrected chi connectivity index (χ0v) is 15.7. The molecule has 3 rings (SSSR count). The summed E-state index contributed by atoms with van der Waals surface area (Å²) in [6.07, 6.45) is 0. The Morgan fingerprint density at radius 2 is 1.41 bits per heavy atom. The molecular weight excluding hydrogens is 360 g/mol. The molecule has 0 aromatic heterocycles. The van der Waals surface area contributed by atoms with Crippen molar-refractivity contribution >= 4 is 21.6 Å². The van der Waals surface area contributed by atoms with Crippen LogP contribution < -0.4 is 10.0 Å². The molecule has 0 fully saturated rings. The van der Waals surface area contributed by atoms with Gasteiger partial charge in [-0.2, -0.15) is 0 Å². The molecule has 3 aromatic rings. The van der Waals surface area contributed by atoms with E-state index in [0.717, 1.165) is 11.1 Å². The minimum absolute atomic E-state index is 0.133. The molecule has 0 radical (unpaired) electrons. The summed E-state index contributed by atoms with van der Waals surface area (Å²) < 4.78 is 26.3. The minimum Gasteiger partial charge on any atom is -0.322 e. The highest BCUT2D eigenvalue weighted by atomic mass is 32.2. The van der Waals surface area contributed by atoms with E-state index in [-0.39, 0.29) is 10.8 Å². The summed E-state index contributed by atoms with van der Waals surface area (Å²) in [5.74, 6) is -0.296. The van der Waals surface area contributed by atoms with Gasteiger partial charge in [-0.15, -0.1) is 0 Å². The lowest BCUT2D eigenvalue weighted by Gasteiger charge is -2.08. The number of benzene rings is 3. The van der Waals surface area contributed by atoms with Gasteiger partial charge in [0.2, 0.25) is 10.0 Å². The van der Waals surface area contributed by atoms with Gasteiger partial charge in [-0.3, -0.25) is 4.79 Å². The lowest BCUT2D eigenvalue weighted by Crippen LogP contribution is -2.23. The number of carbonyl (C=O) groups excluding carboxylic acids is 1. The largest absolute Gasteiger partial charge is 0.322 e. The predicted octanol–water partition coefficient (Wildman–Crippen LogP) is 3.90. The first kappa shape index (κ1) is 18.8. The number of nitrogens with one attached hydrogen (secondary N) is 2. The van der Waals surface area contributed by atoms with Gasteiger partial charge in [0.25, 0.3) is 5.91 Å². The maximum Gasteiger partial charge on any atom is 0.255 e. The minimum atomic E-state index is -3.52. The van der Waals surface area contributed by atoms with Crippen molar-refractivity contribution in [2.24, 2.45) is 0 Å². The molecule has 3 aromatic carbocycles. The third-order valence-corrected chi connectivity index (χ3v) is 5.57. The van der Waals surface area contributed by atoms with E-state index in [2.05, 4.69) is 10.0 Å². The summed E-state index contributed by atoms with van der Waals surface area (Å²) in [4.78, 5) is 12.5. The van der Waals surface area contributed by atoms with Crippen molar-refractivity contribution in [3.05, 3.63) is 84.4 Å². The second-order valence-electron chi connectivity index (χ2n) is 5.92. The van der Waals surface area contributed by atoms with Gasteiger partial charge in [-0.05, 0) is 47.5 Å². The molecular formula is C21H20N2O3S. The lowest BCUT2D eigenvalue weighted by molar-refractivity contribution is 0.102. The van der Waals surface area contributed by atoms with Crippen LogP contribution in [0.25, 0.3) is 11.1 Å². The third-order valence-electron chi connectivity index (χ3n) is 4.01. The maximum atomic E-state index is 12.4. The van der Waals surface area contributed by atoms with Gasteiger partial charge < -0.3 is 5.32 Å². The molecule has 0 saturated carbocycles. The number of carbonyl (C=O) groups is 1. The van der Waals surface area contributed by atoms with Crippen molar-refractivity contribution < 1.29 is 13.2 Å². The Morgan fingerprint density at radius 1 is 0.815 bits per heavy atom. The molecule has 27 heavy (non-hydrogen) atoms. The Kier molecular flexibility index (Phi) is 5.69. The SMILES string of the molecule is CCNS(=O)(=O)c1ccc(C(=O)Nc2ccc(-c3ccccc3)cc2)cc1. The van der Waals surface area contributed by atoms with Gasteiger partial charge in [0.15, 0.2) is 0 Å². The molecule has 2 N–H and O–H groups in total. The van der Waals surface area contributed by atoms with E-state index in [1.165, 1.54) is 24.3 Å². The summed E-state index contributed by atoms with van der Waals surface area (Å²) in [6.45, 7) is 2.02. The average molecular weight is 380 g/mol. The standard InChI is InChI=1S/C21H20N2O3S/c1-2-22-27(25,26)20-14-10-18(11-15-20)21(24)23-19-12-8-17(9-13-19)16-6-4-3-5-7-16/h3-15,22H,2H2,1H3,(H,23,24). The normalized spacial score (nSPS) is 11.1. The van der Waals surface area contributed by atoms with Crippen molar-refractivity contribution in [1.82, 2.24) is 4.72 Å². The zero-order chi connectivity index (χ0) is 19.3. The van der Waals surface area contributed by atoms with Crippen molar-refractivity contribution in [3.63, 3.8) is 0 Å². The third kappa shape index (κ3) is 4.61. The Morgan fingerprint density at radius 3 is 2.00 bits per heavy atom. The number of hydrogen-bond acceptors (Lipinski definition) is 3.